The summed E-state index contributed by atoms with van der Waals surface area (Å²) < 4.78 is 19.0. The smallest absolute Gasteiger partial charge is 0.306 e. The Morgan fingerprint density at radius 3 is 2.55 bits per heavy atom. The monoisotopic (exact) mass is 537 g/mol. The number of carbonyl (C=O) groups excluding carboxylic acids is 1. The molecule has 0 unspecified atom stereocenters. The van der Waals surface area contributed by atoms with Gasteiger partial charge in [-0.05, 0) is 61.9 Å². The molecular weight excluding hydrogens is 502 g/mol. The van der Waals surface area contributed by atoms with Crippen molar-refractivity contribution in [3.05, 3.63) is 53.2 Å². The second-order valence-electron chi connectivity index (χ2n) is 10.7. The van der Waals surface area contributed by atoms with Crippen molar-refractivity contribution in [1.29, 1.82) is 0 Å². The van der Waals surface area contributed by atoms with Crippen molar-refractivity contribution in [1.82, 2.24) is 14.7 Å². The lowest BCUT2D eigenvalue weighted by molar-refractivity contribution is -0.144. The van der Waals surface area contributed by atoms with E-state index in [4.69, 9.17) is 30.6 Å². The molecule has 0 aliphatic rings. The van der Waals surface area contributed by atoms with Gasteiger partial charge in [0, 0.05) is 35.7 Å². The summed E-state index contributed by atoms with van der Waals surface area (Å²) in [6.07, 6.45) is 3.09. The highest BCUT2D eigenvalue weighted by molar-refractivity contribution is 6.32. The second-order valence-corrected chi connectivity index (χ2v) is 11.1. The quantitative estimate of drug-likeness (QED) is 0.183. The van der Waals surface area contributed by atoms with Gasteiger partial charge in [0.05, 0.1) is 23.3 Å². The van der Waals surface area contributed by atoms with Gasteiger partial charge in [-0.1, -0.05) is 56.6 Å². The Balaban J connectivity index is 1.66. The minimum atomic E-state index is -0.175. The summed E-state index contributed by atoms with van der Waals surface area (Å²) in [5, 5.41) is 5.87. The van der Waals surface area contributed by atoms with Crippen LogP contribution in [0.3, 0.4) is 0 Å². The lowest BCUT2D eigenvalue weighted by atomic mass is 10.1. The van der Waals surface area contributed by atoms with Crippen LogP contribution in [0.5, 0.6) is 5.75 Å². The maximum atomic E-state index is 12.3. The number of benzene rings is 2. The van der Waals surface area contributed by atoms with E-state index in [1.165, 1.54) is 0 Å². The van der Waals surface area contributed by atoms with Crippen molar-refractivity contribution in [3.63, 3.8) is 0 Å². The van der Waals surface area contributed by atoms with Gasteiger partial charge in [-0.3, -0.25) is 4.79 Å². The summed E-state index contributed by atoms with van der Waals surface area (Å²) in [6, 6.07) is 11.5. The first-order valence-electron chi connectivity index (χ1n) is 13.2. The third-order valence-corrected chi connectivity index (χ3v) is 6.22. The number of halogens is 1. The maximum Gasteiger partial charge on any atom is 0.306 e. The van der Waals surface area contributed by atoms with Crippen LogP contribution in [0, 0.1) is 11.8 Å². The largest absolute Gasteiger partial charge is 0.489 e. The molecule has 38 heavy (non-hydrogen) atoms. The van der Waals surface area contributed by atoms with E-state index in [1.54, 1.807) is 6.07 Å². The molecule has 0 fully saturated rings. The number of aryl methyl sites for hydroxylation is 1. The van der Waals surface area contributed by atoms with Crippen LogP contribution < -0.4 is 4.74 Å². The van der Waals surface area contributed by atoms with Gasteiger partial charge in [0.2, 0.25) is 5.82 Å². The zero-order valence-electron chi connectivity index (χ0n) is 23.0. The molecule has 0 saturated heterocycles. The molecule has 0 aliphatic heterocycles. The number of hydrogen-bond donors (Lipinski definition) is 0. The third-order valence-electron chi connectivity index (χ3n) is 5.93. The SMILES string of the molecule is CC(C)COC(=O)CCc1cn(CC(C)C)c2c(-c3noc(-c4ccc(OC(C)C)c(Cl)c4)n3)cccc12. The average Bonchev–Trinajstić information content (AvgIpc) is 3.48. The van der Waals surface area contributed by atoms with Crippen LogP contribution in [-0.4, -0.2) is 33.4 Å². The van der Waals surface area contributed by atoms with E-state index >= 15 is 0 Å². The summed E-state index contributed by atoms with van der Waals surface area (Å²) >= 11 is 6.43. The van der Waals surface area contributed by atoms with Crippen molar-refractivity contribution in [3.8, 4) is 28.6 Å². The Kier molecular flexibility index (Phi) is 8.77. The first-order valence-corrected chi connectivity index (χ1v) is 13.6. The maximum absolute atomic E-state index is 12.3. The summed E-state index contributed by atoms with van der Waals surface area (Å²) in [6.45, 7) is 13.6. The van der Waals surface area contributed by atoms with Crippen molar-refractivity contribution in [2.75, 3.05) is 6.61 Å². The van der Waals surface area contributed by atoms with Crippen LogP contribution >= 0.6 is 11.6 Å². The number of ether oxygens (including phenoxy) is 2. The van der Waals surface area contributed by atoms with E-state index in [9.17, 15) is 4.79 Å². The van der Waals surface area contributed by atoms with Gasteiger partial charge < -0.3 is 18.6 Å². The summed E-state index contributed by atoms with van der Waals surface area (Å²) in [5.74, 6) is 2.06. The van der Waals surface area contributed by atoms with Crippen molar-refractivity contribution in [2.24, 2.45) is 11.8 Å². The van der Waals surface area contributed by atoms with E-state index in [2.05, 4.69) is 35.8 Å². The Morgan fingerprint density at radius 1 is 1.08 bits per heavy atom. The van der Waals surface area contributed by atoms with Crippen LogP contribution in [0.2, 0.25) is 5.02 Å². The van der Waals surface area contributed by atoms with Gasteiger partial charge >= 0.3 is 5.97 Å². The Morgan fingerprint density at radius 2 is 1.87 bits per heavy atom. The molecule has 7 nitrogen and oxygen atoms in total. The molecule has 0 atom stereocenters. The number of carbonyl (C=O) groups is 1. The lowest BCUT2D eigenvalue weighted by Gasteiger charge is -2.11. The highest BCUT2D eigenvalue weighted by Gasteiger charge is 2.20. The molecule has 2 aromatic carbocycles. The highest BCUT2D eigenvalue weighted by Crippen LogP contribution is 2.34. The normalized spacial score (nSPS) is 11.7. The van der Waals surface area contributed by atoms with Crippen LogP contribution in [-0.2, 0) is 22.5 Å². The van der Waals surface area contributed by atoms with E-state index in [0.29, 0.717) is 53.8 Å². The molecular formula is C30H36ClN3O4. The molecule has 2 aromatic heterocycles. The second kappa shape index (κ2) is 12.0. The predicted octanol–water partition coefficient (Wildman–Crippen LogP) is 7.59. The number of aromatic nitrogens is 3. The fraction of sp³-hybridized carbons (Fsp3) is 0.433. The minimum Gasteiger partial charge on any atom is -0.489 e. The Labute approximate surface area is 229 Å². The van der Waals surface area contributed by atoms with Crippen molar-refractivity contribution >= 4 is 28.5 Å². The lowest BCUT2D eigenvalue weighted by Crippen LogP contribution is -2.10. The van der Waals surface area contributed by atoms with Crippen molar-refractivity contribution < 1.29 is 18.8 Å². The van der Waals surface area contributed by atoms with E-state index in [-0.39, 0.29) is 12.1 Å². The molecule has 0 saturated carbocycles. The van der Waals surface area contributed by atoms with Gasteiger partial charge in [-0.2, -0.15) is 4.98 Å². The van der Waals surface area contributed by atoms with Crippen LogP contribution in [0.25, 0.3) is 33.7 Å². The molecule has 0 aliphatic carbocycles. The first kappa shape index (κ1) is 27.7. The molecule has 0 amide bonds. The topological polar surface area (TPSA) is 79.4 Å². The number of para-hydroxylation sites is 1. The highest BCUT2D eigenvalue weighted by atomic mass is 35.5. The third kappa shape index (κ3) is 6.57. The zero-order valence-corrected chi connectivity index (χ0v) is 23.7. The van der Waals surface area contributed by atoms with Crippen molar-refractivity contribution in [2.45, 2.75) is 67.0 Å². The summed E-state index contributed by atoms with van der Waals surface area (Å²) in [7, 11) is 0. The molecule has 4 aromatic rings. The molecule has 8 heteroatoms. The fourth-order valence-corrected chi connectivity index (χ4v) is 4.58. The van der Waals surface area contributed by atoms with Gasteiger partial charge in [0.1, 0.15) is 5.75 Å². The standard InChI is InChI=1S/C30H36ClN3O4/c1-18(2)15-34-16-22(11-13-27(35)36-17-19(3)4)23-8-7-9-24(28(23)34)29-32-30(38-33-29)21-10-12-26(25(31)14-21)37-20(5)6/h7-10,12,14,16,18-20H,11,13,15,17H2,1-6H3. The number of hydrogen-bond acceptors (Lipinski definition) is 6. The fourth-order valence-electron chi connectivity index (χ4n) is 4.35. The molecule has 202 valence electrons. The summed E-state index contributed by atoms with van der Waals surface area (Å²) in [5.41, 5.74) is 3.71. The predicted molar refractivity (Wildman–Crippen MR) is 150 cm³/mol. The first-order chi connectivity index (χ1) is 18.1. The average molecular weight is 538 g/mol. The van der Waals surface area contributed by atoms with E-state index in [0.717, 1.165) is 34.1 Å². The molecule has 0 N–H and O–H groups in total. The zero-order chi connectivity index (χ0) is 27.4. The van der Waals surface area contributed by atoms with E-state index in [1.807, 2.05) is 52.0 Å². The molecule has 0 spiro atoms. The molecule has 2 heterocycles. The van der Waals surface area contributed by atoms with Crippen LogP contribution in [0.15, 0.2) is 47.1 Å². The molecule has 4 rings (SSSR count). The minimum absolute atomic E-state index is 0.0199. The Bertz CT molecular complexity index is 1400. The van der Waals surface area contributed by atoms with Gasteiger partial charge in [0.25, 0.3) is 5.89 Å². The molecule has 0 bridgehead atoms. The number of esters is 1. The number of fused-ring (bicyclic) bond motifs is 1. The number of nitrogens with zero attached hydrogens (tertiary/aromatic N) is 3. The van der Waals surface area contributed by atoms with Crippen LogP contribution in [0.1, 0.15) is 53.5 Å². The van der Waals surface area contributed by atoms with Gasteiger partial charge in [-0.15, -0.1) is 0 Å². The van der Waals surface area contributed by atoms with Gasteiger partial charge in [0.15, 0.2) is 0 Å². The Hall–Kier alpha value is -3.32. The van der Waals surface area contributed by atoms with E-state index < -0.39 is 0 Å². The number of rotatable bonds is 11. The van der Waals surface area contributed by atoms with Crippen LogP contribution in [0.4, 0.5) is 0 Å². The van der Waals surface area contributed by atoms with Gasteiger partial charge in [-0.25, -0.2) is 0 Å². The molecule has 0 radical (unpaired) electrons. The summed E-state index contributed by atoms with van der Waals surface area (Å²) in [4.78, 5) is 17.0.